The van der Waals surface area contributed by atoms with E-state index in [-0.39, 0.29) is 18.6 Å². The first-order valence-electron chi connectivity index (χ1n) is 15.8. The lowest BCUT2D eigenvalue weighted by molar-refractivity contribution is -0.236. The number of rotatable bonds is 12. The van der Waals surface area contributed by atoms with Gasteiger partial charge in [-0.15, -0.1) is 0 Å². The minimum absolute atomic E-state index is 0.0551. The number of hydrogen-bond donors (Lipinski definition) is 3. The van der Waals surface area contributed by atoms with E-state index in [0.29, 0.717) is 67.4 Å². The molecule has 1 unspecified atom stereocenters. The van der Waals surface area contributed by atoms with Crippen LogP contribution in [0.1, 0.15) is 55.4 Å². The van der Waals surface area contributed by atoms with Crippen LogP contribution in [-0.2, 0) is 39.4 Å². The van der Waals surface area contributed by atoms with E-state index in [0.717, 1.165) is 38.9 Å². The van der Waals surface area contributed by atoms with Gasteiger partial charge in [0.25, 0.3) is 5.56 Å². The van der Waals surface area contributed by atoms with Crippen molar-refractivity contribution in [1.82, 2.24) is 19.9 Å². The minimum atomic E-state index is -1.67. The Morgan fingerprint density at radius 3 is 2.89 bits per heavy atom. The molecule has 6 rings (SSSR count). The van der Waals surface area contributed by atoms with E-state index in [2.05, 4.69) is 23.3 Å². The molecular weight excluding hydrogens is 641 g/mol. The van der Waals surface area contributed by atoms with Crippen molar-refractivity contribution in [3.63, 3.8) is 0 Å². The molecule has 0 radical (unpaired) electrons. The maximum atomic E-state index is 13.6. The van der Waals surface area contributed by atoms with Crippen molar-refractivity contribution in [2.45, 2.75) is 69.6 Å². The van der Waals surface area contributed by atoms with Gasteiger partial charge in [-0.25, -0.2) is 14.8 Å². The van der Waals surface area contributed by atoms with E-state index in [1.807, 2.05) is 30.4 Å². The maximum Gasteiger partial charge on any atom is 0.407 e. The molecule has 0 spiro atoms. The van der Waals surface area contributed by atoms with E-state index >= 15 is 0 Å². The van der Waals surface area contributed by atoms with Gasteiger partial charge >= 0.3 is 6.09 Å². The number of carbonyl (C=O) groups excluding carboxylic acids is 1. The molecule has 2 atom stereocenters. The third-order valence-electron chi connectivity index (χ3n) is 8.59. The Hall–Kier alpha value is -3.62. The van der Waals surface area contributed by atoms with Crippen molar-refractivity contribution in [2.75, 3.05) is 25.5 Å². The lowest BCUT2D eigenvalue weighted by Gasteiger charge is -2.37. The first-order chi connectivity index (χ1) is 22.8. The maximum absolute atomic E-state index is 13.6. The second kappa shape index (κ2) is 14.7. The number of fused-ring (bicyclic) bond motifs is 5. The number of ether oxygens (including phenoxy) is 3. The summed E-state index contributed by atoms with van der Waals surface area (Å²) in [5.74, 6) is 1.45. The van der Waals surface area contributed by atoms with E-state index in [1.165, 1.54) is 0 Å². The number of amides is 1. The molecule has 0 saturated heterocycles. The van der Waals surface area contributed by atoms with Crippen LogP contribution in [0.15, 0.2) is 52.1 Å². The SMILES string of the molecule is CCc1c2c(nc3c1=CCC(OCCCNC(=O)OCCSSc1ccccn1)=CC=3)-c1cc3c(c(=O)n1C2)COC(O)[C@]3(O)CC. The highest BCUT2D eigenvalue weighted by atomic mass is 33.1. The molecule has 1 amide bonds. The van der Waals surface area contributed by atoms with Gasteiger partial charge in [0.15, 0.2) is 6.29 Å². The van der Waals surface area contributed by atoms with Crippen LogP contribution in [0.2, 0.25) is 0 Å². The normalized spacial score (nSPS) is 19.1. The van der Waals surface area contributed by atoms with Crippen molar-refractivity contribution >= 4 is 39.8 Å². The van der Waals surface area contributed by atoms with Crippen molar-refractivity contribution in [3.05, 3.63) is 85.5 Å². The third-order valence-corrected chi connectivity index (χ3v) is 10.8. The van der Waals surface area contributed by atoms with Gasteiger partial charge < -0.3 is 34.3 Å². The Morgan fingerprint density at radius 2 is 2.11 bits per heavy atom. The summed E-state index contributed by atoms with van der Waals surface area (Å²) >= 11 is 0. The summed E-state index contributed by atoms with van der Waals surface area (Å²) in [6.45, 7) is 5.35. The summed E-state index contributed by atoms with van der Waals surface area (Å²) in [6, 6.07) is 7.54. The van der Waals surface area contributed by atoms with Crippen LogP contribution >= 0.6 is 21.6 Å². The number of hydrogen-bond acceptors (Lipinski definition) is 11. The first-order valence-corrected chi connectivity index (χ1v) is 18.1. The van der Waals surface area contributed by atoms with Crippen LogP contribution in [-0.4, -0.2) is 62.6 Å². The molecule has 0 bridgehead atoms. The standard InChI is InChI=1S/C34H38N4O7S2/c1-3-22-23-11-9-21(43-15-7-14-36-33(41)44-16-17-46-47-29-8-5-6-13-35-29)10-12-27(23)37-30-24(22)19-38-28(30)18-26-25(31(38)39)20-45-32(40)34(26,42)4-2/h5-6,8,10-13,18,32,40,42H,3-4,7,9,14-17,19-20H2,1-2H3,(H,36,41)/t32?,34-/m0/s1. The topological polar surface area (TPSA) is 145 Å². The number of carbonyl (C=O) groups is 1. The zero-order valence-electron chi connectivity index (χ0n) is 26.4. The predicted octanol–water partition coefficient (Wildman–Crippen LogP) is 3.10. The van der Waals surface area contributed by atoms with Gasteiger partial charge in [0, 0.05) is 46.8 Å². The number of nitrogens with one attached hydrogen (secondary N) is 1. The van der Waals surface area contributed by atoms with Gasteiger partial charge in [0.2, 0.25) is 0 Å². The molecule has 5 heterocycles. The van der Waals surface area contributed by atoms with Crippen molar-refractivity contribution in [3.8, 4) is 11.4 Å². The van der Waals surface area contributed by atoms with Gasteiger partial charge in [-0.2, -0.15) is 0 Å². The molecule has 1 aliphatic carbocycles. The second-order valence-electron chi connectivity index (χ2n) is 11.4. The number of aromatic nitrogens is 3. The van der Waals surface area contributed by atoms with Crippen LogP contribution < -0.4 is 21.4 Å². The van der Waals surface area contributed by atoms with Gasteiger partial charge in [0.05, 0.1) is 42.3 Å². The molecule has 47 heavy (non-hydrogen) atoms. The van der Waals surface area contributed by atoms with Gasteiger partial charge in [-0.3, -0.25) is 4.79 Å². The van der Waals surface area contributed by atoms with Crippen LogP contribution in [0.4, 0.5) is 4.79 Å². The fourth-order valence-electron chi connectivity index (χ4n) is 6.11. The Morgan fingerprint density at radius 1 is 1.23 bits per heavy atom. The van der Waals surface area contributed by atoms with E-state index in [4.69, 9.17) is 19.2 Å². The van der Waals surface area contributed by atoms with Crippen molar-refractivity contribution < 1.29 is 29.2 Å². The highest BCUT2D eigenvalue weighted by Gasteiger charge is 2.44. The molecule has 3 aliphatic rings. The highest BCUT2D eigenvalue weighted by Crippen LogP contribution is 2.39. The largest absolute Gasteiger partial charge is 0.498 e. The fraction of sp³-hybridized carbons (Fsp3) is 0.412. The van der Waals surface area contributed by atoms with Crippen LogP contribution in [0.3, 0.4) is 0 Å². The van der Waals surface area contributed by atoms with Crippen LogP contribution in [0.5, 0.6) is 0 Å². The van der Waals surface area contributed by atoms with Gasteiger partial charge in [-0.1, -0.05) is 36.8 Å². The number of pyridine rings is 3. The average Bonchev–Trinajstić information content (AvgIpc) is 3.32. The van der Waals surface area contributed by atoms with Gasteiger partial charge in [-0.05, 0) is 66.0 Å². The molecule has 0 fully saturated rings. The lowest BCUT2D eigenvalue weighted by Crippen LogP contribution is -2.47. The van der Waals surface area contributed by atoms with Crippen LogP contribution in [0.25, 0.3) is 23.5 Å². The van der Waals surface area contributed by atoms with E-state index < -0.39 is 18.0 Å². The highest BCUT2D eigenvalue weighted by molar-refractivity contribution is 8.76. The minimum Gasteiger partial charge on any atom is -0.498 e. The number of aliphatic hydroxyl groups excluding tert-OH is 1. The molecule has 13 heteroatoms. The molecule has 0 aromatic carbocycles. The molecule has 2 aliphatic heterocycles. The summed E-state index contributed by atoms with van der Waals surface area (Å²) in [6.07, 6.45) is 8.01. The molecule has 0 saturated carbocycles. The van der Waals surface area contributed by atoms with E-state index in [9.17, 15) is 19.8 Å². The summed E-state index contributed by atoms with van der Waals surface area (Å²) in [7, 11) is 3.13. The molecule has 248 valence electrons. The lowest BCUT2D eigenvalue weighted by atomic mass is 9.85. The molecule has 3 aromatic rings. The first kappa shape index (κ1) is 33.3. The second-order valence-corrected chi connectivity index (χ2v) is 13.8. The quantitative estimate of drug-likeness (QED) is 0.150. The van der Waals surface area contributed by atoms with E-state index in [1.54, 1.807) is 45.3 Å². The van der Waals surface area contributed by atoms with Crippen molar-refractivity contribution in [1.29, 1.82) is 0 Å². The zero-order chi connectivity index (χ0) is 33.0. The summed E-state index contributed by atoms with van der Waals surface area (Å²) in [4.78, 5) is 34.9. The van der Waals surface area contributed by atoms with Gasteiger partial charge in [0.1, 0.15) is 17.2 Å². The smallest absolute Gasteiger partial charge is 0.407 e. The number of alkyl carbamates (subject to hydrolysis) is 1. The fourth-order valence-corrected chi connectivity index (χ4v) is 7.81. The third kappa shape index (κ3) is 6.86. The Kier molecular flexibility index (Phi) is 10.4. The number of aliphatic hydroxyl groups is 2. The Bertz CT molecular complexity index is 1860. The average molecular weight is 679 g/mol. The molecular formula is C34H38N4O7S2. The monoisotopic (exact) mass is 678 g/mol. The summed E-state index contributed by atoms with van der Waals surface area (Å²) < 4.78 is 18.4. The number of allylic oxidation sites excluding steroid dienone is 2. The number of nitrogens with zero attached hydrogens (tertiary/aromatic N) is 3. The predicted molar refractivity (Wildman–Crippen MR) is 181 cm³/mol. The molecule has 3 aromatic heterocycles. The summed E-state index contributed by atoms with van der Waals surface area (Å²) in [5, 5.41) is 27.2. The molecule has 11 nitrogen and oxygen atoms in total. The summed E-state index contributed by atoms with van der Waals surface area (Å²) in [5.41, 5.74) is 2.33. The Labute approximate surface area is 280 Å². The van der Waals surface area contributed by atoms with Crippen molar-refractivity contribution in [2.24, 2.45) is 0 Å². The molecule has 3 N–H and O–H groups in total. The van der Waals surface area contributed by atoms with Crippen LogP contribution in [0, 0.1) is 0 Å². The zero-order valence-corrected chi connectivity index (χ0v) is 28.0. The Balaban J connectivity index is 1.07.